The van der Waals surface area contributed by atoms with Crippen LogP contribution < -0.4 is 123 Å². The van der Waals surface area contributed by atoms with Crippen molar-refractivity contribution in [1.82, 2.24) is 14.8 Å². The number of rotatable bonds is 21. The second-order valence-corrected chi connectivity index (χ2v) is 7.87. The first kappa shape index (κ1) is 41.3. The Morgan fingerprint density at radius 2 is 1.26 bits per heavy atom. The first-order valence-corrected chi connectivity index (χ1v) is 12.5. The Hall–Kier alpha value is 1.82. The summed E-state index contributed by atoms with van der Waals surface area (Å²) in [6.07, 6.45) is 7.06. The molecule has 0 atom stereocenters. The van der Waals surface area contributed by atoms with Gasteiger partial charge in [0.05, 0.1) is 0 Å². The van der Waals surface area contributed by atoms with Crippen molar-refractivity contribution in [3.05, 3.63) is 0 Å². The minimum absolute atomic E-state index is 0. The molecule has 0 spiro atoms. The summed E-state index contributed by atoms with van der Waals surface area (Å²) in [5, 5.41) is 2.87. The molecular weight excluding hydrogens is 555 g/mol. The number of carbonyl (C=O) groups excluding carboxylic acids is 3. The van der Waals surface area contributed by atoms with Gasteiger partial charge in [-0.15, -0.1) is 24.5 Å². The molecule has 0 aliphatic carbocycles. The molecule has 12 nitrogen and oxygen atoms in total. The molecular formula is C19H36K2N4O8S2. The minimum Gasteiger partial charge on any atom is -0.782 e. The SMILES string of the molecule is NCCCCCCCCCCNC(=O)CCCOC(COC(=O)NS[O-])COC(=O)NS[O-].[K+].[K+]. The number of ether oxygens (including phenoxy) is 3. The smallest absolute Gasteiger partial charge is 0.782 e. The molecule has 194 valence electrons. The normalized spacial score (nSPS) is 10.1. The van der Waals surface area contributed by atoms with Crippen LogP contribution in [0.5, 0.6) is 0 Å². The fourth-order valence-electron chi connectivity index (χ4n) is 2.74. The van der Waals surface area contributed by atoms with E-state index < -0.39 is 18.3 Å². The van der Waals surface area contributed by atoms with Gasteiger partial charge in [-0.25, -0.2) is 9.59 Å². The van der Waals surface area contributed by atoms with E-state index in [9.17, 15) is 23.5 Å². The van der Waals surface area contributed by atoms with Gasteiger partial charge in [-0.1, -0.05) is 38.5 Å². The fourth-order valence-corrected chi connectivity index (χ4v) is 2.99. The van der Waals surface area contributed by atoms with Crippen molar-refractivity contribution in [2.24, 2.45) is 5.73 Å². The largest absolute Gasteiger partial charge is 1.00 e. The molecule has 0 aromatic carbocycles. The van der Waals surface area contributed by atoms with Gasteiger partial charge in [0, 0.05) is 19.6 Å². The van der Waals surface area contributed by atoms with Gasteiger partial charge in [-0.3, -0.25) is 14.2 Å². The maximum absolute atomic E-state index is 11.9. The van der Waals surface area contributed by atoms with Gasteiger partial charge in [0.25, 0.3) is 0 Å². The molecule has 16 heteroatoms. The number of carbonyl (C=O) groups is 3. The predicted octanol–water partition coefficient (Wildman–Crippen LogP) is -3.63. The summed E-state index contributed by atoms with van der Waals surface area (Å²) in [4.78, 5) is 34.3. The molecule has 0 rings (SSSR count). The van der Waals surface area contributed by atoms with E-state index in [1.54, 1.807) is 0 Å². The molecule has 0 unspecified atom stereocenters. The average molecular weight is 591 g/mol. The standard InChI is InChI=1S/C19H38N4O8S2.2K/c20-11-7-5-3-1-2-4-6-8-12-21-17(24)10-9-13-29-16(14-30-18(25)22-32-27)15-31-19(26)23-33-28;;/h16,27-28H,1-15,20H2,(H,21,24)(H,22,25)(H,23,26);;/q;2*+1/p-2. The average Bonchev–Trinajstić information content (AvgIpc) is 2.79. The fraction of sp³-hybridized carbons (Fsp3) is 0.842. The van der Waals surface area contributed by atoms with Gasteiger partial charge >= 0.3 is 115 Å². The molecule has 3 amide bonds. The Morgan fingerprint density at radius 3 is 1.74 bits per heavy atom. The van der Waals surface area contributed by atoms with E-state index in [0.29, 0.717) is 13.0 Å². The zero-order chi connectivity index (χ0) is 24.6. The molecule has 0 saturated carbocycles. The summed E-state index contributed by atoms with van der Waals surface area (Å²) in [5.74, 6) is -0.0804. The van der Waals surface area contributed by atoms with Gasteiger partial charge in [0.2, 0.25) is 5.91 Å². The van der Waals surface area contributed by atoms with Gasteiger partial charge in [-0.05, 0) is 25.8 Å². The van der Waals surface area contributed by atoms with Crippen molar-refractivity contribution in [2.45, 2.75) is 70.3 Å². The Labute approximate surface area is 301 Å². The topological polar surface area (TPSA) is 187 Å². The first-order chi connectivity index (χ1) is 16.0. The van der Waals surface area contributed by atoms with Gasteiger partial charge in [0.15, 0.2) is 0 Å². The Balaban J connectivity index is -0.00000512. The van der Waals surface area contributed by atoms with Crippen LogP contribution >= 0.6 is 24.5 Å². The summed E-state index contributed by atoms with van der Waals surface area (Å²) in [5.41, 5.74) is 5.47. The van der Waals surface area contributed by atoms with Crippen LogP contribution in [0, 0.1) is 0 Å². The van der Waals surface area contributed by atoms with E-state index in [1.807, 2.05) is 9.44 Å². The minimum atomic E-state index is -0.964. The number of amides is 3. The number of hydrogen-bond acceptors (Lipinski definition) is 11. The molecule has 0 aliphatic rings. The zero-order valence-electron chi connectivity index (χ0n) is 20.8. The third kappa shape index (κ3) is 30.2. The van der Waals surface area contributed by atoms with E-state index in [2.05, 4.69) is 5.32 Å². The van der Waals surface area contributed by atoms with Crippen molar-refractivity contribution in [3.8, 4) is 0 Å². The van der Waals surface area contributed by atoms with Crippen LogP contribution in [0.15, 0.2) is 0 Å². The van der Waals surface area contributed by atoms with Crippen molar-refractivity contribution in [2.75, 3.05) is 32.9 Å². The Kier molecular flexibility index (Phi) is 37.8. The monoisotopic (exact) mass is 590 g/mol. The Morgan fingerprint density at radius 1 is 0.771 bits per heavy atom. The molecule has 5 N–H and O–H groups in total. The molecule has 35 heavy (non-hydrogen) atoms. The molecule has 0 aliphatic heterocycles. The maximum atomic E-state index is 11.9. The van der Waals surface area contributed by atoms with Crippen molar-refractivity contribution in [3.63, 3.8) is 0 Å². The van der Waals surface area contributed by atoms with E-state index in [4.69, 9.17) is 19.9 Å². The Bertz CT molecular complexity index is 509. The van der Waals surface area contributed by atoms with Crippen LogP contribution in [-0.2, 0) is 19.0 Å². The summed E-state index contributed by atoms with van der Waals surface area (Å²) < 4.78 is 39.2. The van der Waals surface area contributed by atoms with E-state index in [-0.39, 0.29) is 159 Å². The van der Waals surface area contributed by atoms with Crippen molar-refractivity contribution in [1.29, 1.82) is 0 Å². The van der Waals surface area contributed by atoms with E-state index in [1.165, 1.54) is 25.7 Å². The van der Waals surface area contributed by atoms with Crippen LogP contribution in [0.4, 0.5) is 9.59 Å². The first-order valence-electron chi connectivity index (χ1n) is 11.0. The quantitative estimate of drug-likeness (QED) is 0.0447. The van der Waals surface area contributed by atoms with Crippen molar-refractivity contribution < 1.29 is 140 Å². The van der Waals surface area contributed by atoms with Gasteiger partial charge in [-0.2, -0.15) is 0 Å². The van der Waals surface area contributed by atoms with Crippen LogP contribution in [0.1, 0.15) is 64.2 Å². The van der Waals surface area contributed by atoms with E-state index >= 15 is 0 Å². The number of unbranched alkanes of at least 4 members (excludes halogenated alkanes) is 7. The number of hydrogen-bond donors (Lipinski definition) is 4. The van der Waals surface area contributed by atoms with Gasteiger partial charge in [0.1, 0.15) is 19.3 Å². The summed E-state index contributed by atoms with van der Waals surface area (Å²) in [6.45, 7) is 0.979. The molecule has 0 fully saturated rings. The third-order valence-corrected chi connectivity index (χ3v) is 4.91. The second-order valence-electron chi connectivity index (χ2n) is 7.13. The number of nitrogens with two attached hydrogens (primary N) is 1. The predicted molar refractivity (Wildman–Crippen MR) is 124 cm³/mol. The zero-order valence-corrected chi connectivity index (χ0v) is 28.7. The van der Waals surface area contributed by atoms with E-state index in [0.717, 1.165) is 32.2 Å². The van der Waals surface area contributed by atoms with Crippen LogP contribution in [0.25, 0.3) is 0 Å². The van der Waals surface area contributed by atoms with Gasteiger partial charge < -0.3 is 34.4 Å². The van der Waals surface area contributed by atoms with Crippen molar-refractivity contribution >= 4 is 42.6 Å². The molecule has 0 saturated heterocycles. The molecule has 0 heterocycles. The molecule has 0 aromatic rings. The molecule has 0 radical (unpaired) electrons. The second kappa shape index (κ2) is 32.0. The molecule has 0 aromatic heterocycles. The molecule has 0 bridgehead atoms. The third-order valence-electron chi connectivity index (χ3n) is 4.41. The maximum Gasteiger partial charge on any atom is 1.00 e. The number of nitrogens with one attached hydrogen (secondary N) is 3. The summed E-state index contributed by atoms with van der Waals surface area (Å²) in [7, 11) is 0. The van der Waals surface area contributed by atoms with Crippen LogP contribution in [0.2, 0.25) is 0 Å². The van der Waals surface area contributed by atoms with Crippen LogP contribution in [-0.4, -0.2) is 66.2 Å². The van der Waals surface area contributed by atoms with Crippen LogP contribution in [0.3, 0.4) is 0 Å². The summed E-state index contributed by atoms with van der Waals surface area (Å²) >= 11 is -0.341. The summed E-state index contributed by atoms with van der Waals surface area (Å²) in [6, 6.07) is 0.